The van der Waals surface area contributed by atoms with Crippen LogP contribution in [0.15, 0.2) is 42.3 Å². The van der Waals surface area contributed by atoms with Crippen molar-refractivity contribution in [3.63, 3.8) is 0 Å². The molecule has 1 aromatic heterocycles. The molecule has 0 aliphatic heterocycles. The molecule has 1 aromatic carbocycles. The van der Waals surface area contributed by atoms with Crippen LogP contribution in [0.4, 0.5) is 5.13 Å². The molecule has 146 valence electrons. The second-order valence-electron chi connectivity index (χ2n) is 6.34. The van der Waals surface area contributed by atoms with E-state index in [1.807, 2.05) is 19.1 Å². The average Bonchev–Trinajstić information content (AvgIpc) is 3.01. The van der Waals surface area contributed by atoms with Gasteiger partial charge < -0.3 is 4.74 Å². The molecule has 0 aliphatic rings. The number of hydrogen-bond acceptors (Lipinski definition) is 6. The number of hydrogen-bond donors (Lipinski definition) is 1. The maximum absolute atomic E-state index is 12.8. The smallest absolute Gasteiger partial charge is 0.312 e. The molecule has 0 saturated heterocycles. The van der Waals surface area contributed by atoms with Gasteiger partial charge in [-0.15, -0.1) is 17.9 Å². The molecule has 1 heterocycles. The lowest BCUT2D eigenvalue weighted by atomic mass is 10.0. The van der Waals surface area contributed by atoms with Crippen molar-refractivity contribution in [1.82, 2.24) is 4.98 Å². The molecule has 0 saturated carbocycles. The summed E-state index contributed by atoms with van der Waals surface area (Å²) in [6.45, 7) is 9.68. The van der Waals surface area contributed by atoms with Crippen molar-refractivity contribution < 1.29 is 17.9 Å². The van der Waals surface area contributed by atoms with E-state index in [1.54, 1.807) is 12.1 Å². The van der Waals surface area contributed by atoms with E-state index in [1.165, 1.54) is 11.5 Å². The third-order valence-corrected chi connectivity index (χ3v) is 6.34. The number of thiazole rings is 1. The molecule has 0 amide bonds. The van der Waals surface area contributed by atoms with Gasteiger partial charge >= 0.3 is 5.97 Å². The van der Waals surface area contributed by atoms with Crippen LogP contribution in [-0.4, -0.2) is 19.4 Å². The largest absolute Gasteiger partial charge is 0.406 e. The van der Waals surface area contributed by atoms with Crippen LogP contribution in [0.3, 0.4) is 0 Å². The summed E-state index contributed by atoms with van der Waals surface area (Å²) >= 11 is 1.05. The molecule has 2 aromatic rings. The van der Waals surface area contributed by atoms with E-state index in [2.05, 4.69) is 30.1 Å². The van der Waals surface area contributed by atoms with Gasteiger partial charge in [-0.25, -0.2) is 8.42 Å². The number of nitrogens with zero attached hydrogens (tertiary/aromatic N) is 1. The average molecular weight is 409 g/mol. The first-order chi connectivity index (χ1) is 12.8. The van der Waals surface area contributed by atoms with Gasteiger partial charge in [-0.05, 0) is 23.5 Å². The third-order valence-electron chi connectivity index (χ3n) is 3.87. The molecule has 1 N–H and O–H groups in total. The number of sulfonamides is 1. The molecule has 0 spiro atoms. The van der Waals surface area contributed by atoms with Gasteiger partial charge in [0.1, 0.15) is 5.25 Å². The molecule has 27 heavy (non-hydrogen) atoms. The first kappa shape index (κ1) is 21.1. The molecule has 0 bridgehead atoms. The van der Waals surface area contributed by atoms with Crippen molar-refractivity contribution in [2.45, 2.75) is 44.8 Å². The maximum Gasteiger partial charge on any atom is 0.312 e. The molecule has 0 fully saturated rings. The summed E-state index contributed by atoms with van der Waals surface area (Å²) in [6.07, 6.45) is 2.32. The number of aromatic nitrogens is 1. The number of esters is 1. The number of benzene rings is 1. The third kappa shape index (κ3) is 5.64. The minimum Gasteiger partial charge on any atom is -0.406 e. The molecule has 1 atom stereocenters. The molecular formula is C19H24N2O4S2. The number of ether oxygens (including phenoxy) is 1. The van der Waals surface area contributed by atoms with Crippen LogP contribution in [0.1, 0.15) is 55.9 Å². The van der Waals surface area contributed by atoms with Crippen LogP contribution in [0.2, 0.25) is 0 Å². The predicted octanol–water partition coefficient (Wildman–Crippen LogP) is 4.64. The summed E-state index contributed by atoms with van der Waals surface area (Å²) in [6, 6.07) is 7.42. The van der Waals surface area contributed by atoms with Crippen molar-refractivity contribution >= 4 is 32.5 Å². The molecule has 2 rings (SSSR count). The monoisotopic (exact) mass is 408 g/mol. The fourth-order valence-electron chi connectivity index (χ4n) is 2.42. The number of nitrogens with one attached hydrogen (secondary N) is 1. The zero-order valence-corrected chi connectivity index (χ0v) is 17.3. The van der Waals surface area contributed by atoms with E-state index in [9.17, 15) is 13.2 Å². The predicted molar refractivity (Wildman–Crippen MR) is 109 cm³/mol. The summed E-state index contributed by atoms with van der Waals surface area (Å²) in [4.78, 5) is 15.5. The standard InChI is InChI=1S/C19H24N2O4S2/c1-5-7-18(22)25-17-12-26-19(20-17)21-27(23,24)16(6-2)15-10-8-14(9-11-15)13(3)4/h6,8-13,16H,2,5,7H2,1,3-4H3,(H,20,21). The van der Waals surface area contributed by atoms with Crippen molar-refractivity contribution in [3.05, 3.63) is 53.4 Å². The second-order valence-corrected chi connectivity index (χ2v) is 9.00. The van der Waals surface area contributed by atoms with Crippen molar-refractivity contribution in [2.75, 3.05) is 4.72 Å². The molecule has 1 unspecified atom stereocenters. The van der Waals surface area contributed by atoms with Crippen molar-refractivity contribution in [2.24, 2.45) is 0 Å². The van der Waals surface area contributed by atoms with Gasteiger partial charge in [0.25, 0.3) is 0 Å². The lowest BCUT2D eigenvalue weighted by Crippen LogP contribution is -2.20. The number of carbonyl (C=O) groups is 1. The van der Waals surface area contributed by atoms with Gasteiger partial charge in [0.15, 0.2) is 5.13 Å². The van der Waals surface area contributed by atoms with Crippen LogP contribution in [-0.2, 0) is 14.8 Å². The zero-order valence-electron chi connectivity index (χ0n) is 15.6. The Morgan fingerprint density at radius 1 is 1.30 bits per heavy atom. The van der Waals surface area contributed by atoms with E-state index < -0.39 is 21.2 Å². The van der Waals surface area contributed by atoms with E-state index >= 15 is 0 Å². The summed E-state index contributed by atoms with van der Waals surface area (Å²) in [5.74, 6) is 0.0547. The van der Waals surface area contributed by atoms with Crippen molar-refractivity contribution in [1.29, 1.82) is 0 Å². The highest BCUT2D eigenvalue weighted by Crippen LogP contribution is 2.29. The minimum atomic E-state index is -3.80. The molecule has 0 radical (unpaired) electrons. The summed E-state index contributed by atoms with van der Waals surface area (Å²) in [7, 11) is -3.80. The first-order valence-electron chi connectivity index (χ1n) is 8.67. The lowest BCUT2D eigenvalue weighted by Gasteiger charge is -2.15. The fourth-order valence-corrected chi connectivity index (χ4v) is 4.60. The van der Waals surface area contributed by atoms with E-state index in [0.29, 0.717) is 17.9 Å². The second kappa shape index (κ2) is 9.14. The number of carbonyl (C=O) groups excluding carboxylic acids is 1. The van der Waals surface area contributed by atoms with E-state index in [0.717, 1.165) is 16.9 Å². The zero-order chi connectivity index (χ0) is 20.0. The van der Waals surface area contributed by atoms with E-state index in [-0.39, 0.29) is 17.4 Å². The van der Waals surface area contributed by atoms with Crippen LogP contribution >= 0.6 is 11.3 Å². The van der Waals surface area contributed by atoms with Gasteiger partial charge in [0.05, 0.1) is 5.38 Å². The number of anilines is 1. The Morgan fingerprint density at radius 2 is 1.93 bits per heavy atom. The minimum absolute atomic E-state index is 0.0904. The maximum atomic E-state index is 12.8. The fraction of sp³-hybridized carbons (Fsp3) is 0.368. The first-order valence-corrected chi connectivity index (χ1v) is 11.1. The Hall–Kier alpha value is -2.19. The Kier molecular flexibility index (Phi) is 7.15. The highest BCUT2D eigenvalue weighted by atomic mass is 32.2. The summed E-state index contributed by atoms with van der Waals surface area (Å²) < 4.78 is 33.0. The van der Waals surface area contributed by atoms with Crippen molar-refractivity contribution in [3.8, 4) is 5.88 Å². The van der Waals surface area contributed by atoms with Gasteiger partial charge in [0.2, 0.25) is 15.9 Å². The SMILES string of the molecule is C=CC(c1ccc(C(C)C)cc1)S(=O)(=O)Nc1nc(OC(=O)CCC)cs1. The van der Waals surface area contributed by atoms with Crippen LogP contribution in [0.25, 0.3) is 0 Å². The Morgan fingerprint density at radius 3 is 2.48 bits per heavy atom. The normalized spacial score (nSPS) is 12.6. The Labute approximate surface area is 164 Å². The highest BCUT2D eigenvalue weighted by molar-refractivity contribution is 7.93. The Bertz CT molecular complexity index is 887. The van der Waals surface area contributed by atoms with Gasteiger partial charge in [0, 0.05) is 6.42 Å². The highest BCUT2D eigenvalue weighted by Gasteiger charge is 2.26. The molecule has 8 heteroatoms. The van der Waals surface area contributed by atoms with Crippen LogP contribution in [0, 0.1) is 0 Å². The van der Waals surface area contributed by atoms with Crippen LogP contribution in [0.5, 0.6) is 5.88 Å². The van der Waals surface area contributed by atoms with E-state index in [4.69, 9.17) is 4.74 Å². The topological polar surface area (TPSA) is 85.4 Å². The molecule has 6 nitrogen and oxygen atoms in total. The lowest BCUT2D eigenvalue weighted by molar-refractivity contribution is -0.134. The molecule has 0 aliphatic carbocycles. The van der Waals surface area contributed by atoms with Gasteiger partial charge in [-0.3, -0.25) is 9.52 Å². The van der Waals surface area contributed by atoms with Crippen LogP contribution < -0.4 is 9.46 Å². The summed E-state index contributed by atoms with van der Waals surface area (Å²) in [5, 5.41) is 0.708. The summed E-state index contributed by atoms with van der Waals surface area (Å²) in [5.41, 5.74) is 1.75. The van der Waals surface area contributed by atoms with Gasteiger partial charge in [-0.1, -0.05) is 51.1 Å². The van der Waals surface area contributed by atoms with Gasteiger partial charge in [-0.2, -0.15) is 4.98 Å². The number of rotatable bonds is 9. The Balaban J connectivity index is 2.15. The quantitative estimate of drug-likeness (QED) is 0.482. The molecular weight excluding hydrogens is 384 g/mol.